The summed E-state index contributed by atoms with van der Waals surface area (Å²) in [6.45, 7) is 8.86. The number of anilines is 1. The van der Waals surface area contributed by atoms with Crippen LogP contribution >= 0.6 is 0 Å². The van der Waals surface area contributed by atoms with E-state index in [1.165, 1.54) is 11.3 Å². The molecule has 0 amide bonds. The molecule has 1 fully saturated rings. The molecule has 3 heteroatoms. The van der Waals surface area contributed by atoms with Crippen molar-refractivity contribution in [2.75, 3.05) is 37.7 Å². The van der Waals surface area contributed by atoms with E-state index in [9.17, 15) is 0 Å². The van der Waals surface area contributed by atoms with Gasteiger partial charge in [0.05, 0.1) is 0 Å². The minimum Gasteiger partial charge on any atom is -0.381 e. The van der Waals surface area contributed by atoms with Gasteiger partial charge in [0.25, 0.3) is 0 Å². The van der Waals surface area contributed by atoms with E-state index in [2.05, 4.69) is 43.0 Å². The Morgan fingerprint density at radius 1 is 1.32 bits per heavy atom. The number of ether oxygens (including phenoxy) is 1. The fourth-order valence-corrected chi connectivity index (χ4v) is 2.85. The first kappa shape index (κ1) is 14.4. The minimum atomic E-state index is 0.220. The number of nitrogens with zero attached hydrogens (tertiary/aromatic N) is 1. The lowest BCUT2D eigenvalue weighted by Gasteiger charge is -2.40. The molecule has 1 aromatic rings. The topological polar surface area (TPSA) is 38.5 Å². The van der Waals surface area contributed by atoms with Crippen molar-refractivity contribution in [2.45, 2.75) is 26.7 Å². The van der Waals surface area contributed by atoms with Gasteiger partial charge in [-0.25, -0.2) is 0 Å². The fourth-order valence-electron chi connectivity index (χ4n) is 2.85. The molecular formula is C16H26N2O. The first-order valence-corrected chi connectivity index (χ1v) is 7.28. The molecule has 0 spiro atoms. The van der Waals surface area contributed by atoms with Crippen molar-refractivity contribution in [1.29, 1.82) is 0 Å². The highest BCUT2D eigenvalue weighted by molar-refractivity contribution is 5.48. The summed E-state index contributed by atoms with van der Waals surface area (Å²) in [5.74, 6) is 0. The maximum Gasteiger partial charge on any atom is 0.0472 e. The standard InChI is InChI=1S/C16H26N2O/c1-3-18(15-6-4-5-14(2)11-15)13-16(12-17)7-9-19-10-8-16/h4-6,11H,3,7-10,12-13,17H2,1-2H3. The summed E-state index contributed by atoms with van der Waals surface area (Å²) in [6, 6.07) is 8.73. The van der Waals surface area contributed by atoms with Gasteiger partial charge in [-0.2, -0.15) is 0 Å². The molecule has 0 aliphatic carbocycles. The van der Waals surface area contributed by atoms with E-state index in [1.54, 1.807) is 0 Å². The van der Waals surface area contributed by atoms with E-state index in [0.29, 0.717) is 0 Å². The van der Waals surface area contributed by atoms with E-state index >= 15 is 0 Å². The van der Waals surface area contributed by atoms with Gasteiger partial charge in [0.2, 0.25) is 0 Å². The van der Waals surface area contributed by atoms with Gasteiger partial charge in [-0.3, -0.25) is 0 Å². The van der Waals surface area contributed by atoms with E-state index < -0.39 is 0 Å². The lowest BCUT2D eigenvalue weighted by molar-refractivity contribution is 0.0225. The molecule has 1 heterocycles. The largest absolute Gasteiger partial charge is 0.381 e. The fraction of sp³-hybridized carbons (Fsp3) is 0.625. The maximum atomic E-state index is 6.07. The van der Waals surface area contributed by atoms with Crippen LogP contribution < -0.4 is 10.6 Å². The molecule has 1 aromatic carbocycles. The molecule has 106 valence electrons. The van der Waals surface area contributed by atoms with Gasteiger partial charge in [-0.1, -0.05) is 12.1 Å². The Balaban J connectivity index is 2.13. The molecule has 0 saturated carbocycles. The van der Waals surface area contributed by atoms with Gasteiger partial charge in [0, 0.05) is 37.4 Å². The van der Waals surface area contributed by atoms with E-state index in [0.717, 1.165) is 45.7 Å². The zero-order chi connectivity index (χ0) is 13.7. The van der Waals surface area contributed by atoms with Crippen LogP contribution in [0.2, 0.25) is 0 Å². The quantitative estimate of drug-likeness (QED) is 0.886. The Morgan fingerprint density at radius 3 is 2.63 bits per heavy atom. The summed E-state index contributed by atoms with van der Waals surface area (Å²) < 4.78 is 5.49. The molecule has 1 saturated heterocycles. The SMILES string of the molecule is CCN(CC1(CN)CCOCC1)c1cccc(C)c1. The number of aryl methyl sites for hydroxylation is 1. The molecule has 1 aliphatic heterocycles. The zero-order valence-corrected chi connectivity index (χ0v) is 12.2. The van der Waals surface area contributed by atoms with Crippen molar-refractivity contribution in [3.8, 4) is 0 Å². The molecule has 0 bridgehead atoms. The van der Waals surface area contributed by atoms with Gasteiger partial charge in [-0.15, -0.1) is 0 Å². The molecule has 0 atom stereocenters. The van der Waals surface area contributed by atoms with Crippen LogP contribution in [0.4, 0.5) is 5.69 Å². The number of benzene rings is 1. The molecule has 0 unspecified atom stereocenters. The van der Waals surface area contributed by atoms with E-state index in [1.807, 2.05) is 0 Å². The third kappa shape index (κ3) is 3.48. The van der Waals surface area contributed by atoms with Crippen molar-refractivity contribution in [3.05, 3.63) is 29.8 Å². The first-order chi connectivity index (χ1) is 9.19. The van der Waals surface area contributed by atoms with Crippen LogP contribution in [0, 0.1) is 12.3 Å². The van der Waals surface area contributed by atoms with Crippen molar-refractivity contribution >= 4 is 5.69 Å². The minimum absolute atomic E-state index is 0.220. The third-order valence-electron chi connectivity index (χ3n) is 4.26. The molecule has 2 N–H and O–H groups in total. The van der Waals surface area contributed by atoms with Crippen LogP contribution in [0.1, 0.15) is 25.3 Å². The average molecular weight is 262 g/mol. The highest BCUT2D eigenvalue weighted by Crippen LogP contribution is 2.32. The lowest BCUT2D eigenvalue weighted by Crippen LogP contribution is -2.46. The van der Waals surface area contributed by atoms with Crippen LogP contribution in [0.25, 0.3) is 0 Å². The molecule has 0 aromatic heterocycles. The second-order valence-electron chi connectivity index (χ2n) is 5.67. The molecule has 1 aliphatic rings. The zero-order valence-electron chi connectivity index (χ0n) is 12.2. The van der Waals surface area contributed by atoms with Gasteiger partial charge >= 0.3 is 0 Å². The van der Waals surface area contributed by atoms with Crippen LogP contribution in [0.15, 0.2) is 24.3 Å². The summed E-state index contributed by atoms with van der Waals surface area (Å²) in [5, 5.41) is 0. The number of hydrogen-bond donors (Lipinski definition) is 1. The summed E-state index contributed by atoms with van der Waals surface area (Å²) in [7, 11) is 0. The normalized spacial score (nSPS) is 18.3. The average Bonchev–Trinajstić information content (AvgIpc) is 2.46. The molecule has 2 rings (SSSR count). The summed E-state index contributed by atoms with van der Waals surface area (Å²) in [4.78, 5) is 2.45. The van der Waals surface area contributed by atoms with E-state index in [-0.39, 0.29) is 5.41 Å². The lowest BCUT2D eigenvalue weighted by atomic mass is 9.79. The van der Waals surface area contributed by atoms with Crippen LogP contribution in [0.3, 0.4) is 0 Å². The Hall–Kier alpha value is -1.06. The Bertz CT molecular complexity index is 399. The molecule has 19 heavy (non-hydrogen) atoms. The summed E-state index contributed by atoms with van der Waals surface area (Å²) in [6.07, 6.45) is 2.15. The van der Waals surface area contributed by atoms with Crippen molar-refractivity contribution < 1.29 is 4.74 Å². The summed E-state index contributed by atoms with van der Waals surface area (Å²) >= 11 is 0. The second-order valence-corrected chi connectivity index (χ2v) is 5.67. The monoisotopic (exact) mass is 262 g/mol. The second kappa shape index (κ2) is 6.40. The van der Waals surface area contributed by atoms with Gasteiger partial charge in [0.15, 0.2) is 0 Å². The predicted molar refractivity (Wildman–Crippen MR) is 80.6 cm³/mol. The number of hydrogen-bond acceptors (Lipinski definition) is 3. The van der Waals surface area contributed by atoms with Crippen LogP contribution in [0.5, 0.6) is 0 Å². The smallest absolute Gasteiger partial charge is 0.0472 e. The van der Waals surface area contributed by atoms with Crippen LogP contribution in [-0.2, 0) is 4.74 Å². The third-order valence-corrected chi connectivity index (χ3v) is 4.26. The number of nitrogens with two attached hydrogens (primary N) is 1. The number of rotatable bonds is 5. The van der Waals surface area contributed by atoms with Crippen molar-refractivity contribution in [3.63, 3.8) is 0 Å². The van der Waals surface area contributed by atoms with Crippen LogP contribution in [-0.4, -0.2) is 32.8 Å². The van der Waals surface area contributed by atoms with Gasteiger partial charge < -0.3 is 15.4 Å². The predicted octanol–water partition coefficient (Wildman–Crippen LogP) is 2.58. The molecular weight excluding hydrogens is 236 g/mol. The Morgan fingerprint density at radius 2 is 2.05 bits per heavy atom. The highest BCUT2D eigenvalue weighted by atomic mass is 16.5. The molecule has 3 nitrogen and oxygen atoms in total. The molecule has 0 radical (unpaired) electrons. The summed E-state index contributed by atoms with van der Waals surface area (Å²) in [5.41, 5.74) is 8.90. The van der Waals surface area contributed by atoms with Crippen molar-refractivity contribution in [2.24, 2.45) is 11.1 Å². The Kier molecular flexibility index (Phi) is 4.83. The van der Waals surface area contributed by atoms with Gasteiger partial charge in [0.1, 0.15) is 0 Å². The van der Waals surface area contributed by atoms with Gasteiger partial charge in [-0.05, 0) is 50.9 Å². The highest BCUT2D eigenvalue weighted by Gasteiger charge is 2.33. The van der Waals surface area contributed by atoms with Crippen molar-refractivity contribution in [1.82, 2.24) is 0 Å². The van der Waals surface area contributed by atoms with E-state index in [4.69, 9.17) is 10.5 Å². The maximum absolute atomic E-state index is 6.07. The first-order valence-electron chi connectivity index (χ1n) is 7.28. The Labute approximate surface area is 116 Å².